The van der Waals surface area contributed by atoms with Crippen molar-refractivity contribution in [1.82, 2.24) is 0 Å². The first-order valence-corrected chi connectivity index (χ1v) is 4.47. The van der Waals surface area contributed by atoms with Crippen molar-refractivity contribution in [2.45, 2.75) is 6.92 Å². The molecule has 0 spiro atoms. The number of carbonyl (C=O) groups excluding carboxylic acids is 1. The maximum atomic E-state index is 10.6. The van der Waals surface area contributed by atoms with Gasteiger partial charge in [0.05, 0.1) is 12.2 Å². The van der Waals surface area contributed by atoms with Crippen molar-refractivity contribution in [2.75, 3.05) is 6.61 Å². The highest BCUT2D eigenvalue weighted by atomic mass is 79.9. The van der Waals surface area contributed by atoms with E-state index in [1.165, 1.54) is 0 Å². The van der Waals surface area contributed by atoms with Crippen LogP contribution in [0.15, 0.2) is 18.2 Å². The highest BCUT2D eigenvalue weighted by Gasteiger charge is 2.09. The van der Waals surface area contributed by atoms with Crippen molar-refractivity contribution >= 4 is 22.5 Å². The van der Waals surface area contributed by atoms with Gasteiger partial charge in [-0.25, -0.2) is 0 Å². The van der Waals surface area contributed by atoms with Crippen LogP contribution >= 0.6 is 16.3 Å². The molecule has 0 aliphatic carbocycles. The summed E-state index contributed by atoms with van der Waals surface area (Å²) in [6, 6.07) is 5.14. The summed E-state index contributed by atoms with van der Waals surface area (Å²) < 4.78 is 10.1. The predicted molar refractivity (Wildman–Crippen MR) is 52.6 cm³/mol. The molecule has 1 rings (SSSR count). The number of aldehydes is 1. The van der Waals surface area contributed by atoms with E-state index in [1.807, 2.05) is 6.92 Å². The molecule has 0 fully saturated rings. The highest BCUT2D eigenvalue weighted by Crippen LogP contribution is 2.31. The molecule has 4 heteroatoms. The Morgan fingerprint density at radius 3 is 2.85 bits per heavy atom. The molecule has 0 heterocycles. The lowest BCUT2D eigenvalue weighted by atomic mass is 10.2. The second kappa shape index (κ2) is 4.87. The number of para-hydroxylation sites is 1. The Morgan fingerprint density at radius 2 is 2.31 bits per heavy atom. The standard InChI is InChI=1S/C9H9BrO3/c1-2-12-8-5-3-4-7(6-11)9(8)13-10/h3-6H,2H2,1H3. The normalized spacial score (nSPS) is 9.38. The van der Waals surface area contributed by atoms with Gasteiger partial charge in [0.1, 0.15) is 0 Å². The summed E-state index contributed by atoms with van der Waals surface area (Å²) in [4.78, 5) is 10.6. The average Bonchev–Trinajstić information content (AvgIpc) is 2.18. The van der Waals surface area contributed by atoms with Gasteiger partial charge in [0.2, 0.25) is 0 Å². The van der Waals surface area contributed by atoms with Crippen LogP contribution in [0.25, 0.3) is 0 Å². The molecule has 0 atom stereocenters. The van der Waals surface area contributed by atoms with Gasteiger partial charge in [0, 0.05) is 0 Å². The molecule has 0 N–H and O–H groups in total. The van der Waals surface area contributed by atoms with E-state index in [1.54, 1.807) is 18.2 Å². The molecule has 0 bridgehead atoms. The van der Waals surface area contributed by atoms with Crippen LogP contribution in [-0.4, -0.2) is 12.9 Å². The van der Waals surface area contributed by atoms with E-state index in [4.69, 9.17) is 8.57 Å². The SMILES string of the molecule is CCOc1cccc(C=O)c1OBr. The second-order valence-corrected chi connectivity index (χ2v) is 2.63. The lowest BCUT2D eigenvalue weighted by Crippen LogP contribution is -1.95. The Kier molecular flexibility index (Phi) is 3.76. The molecule has 0 aliphatic heterocycles. The molecule has 3 nitrogen and oxygen atoms in total. The lowest BCUT2D eigenvalue weighted by molar-refractivity contribution is 0.112. The summed E-state index contributed by atoms with van der Waals surface area (Å²) in [6.45, 7) is 2.40. The van der Waals surface area contributed by atoms with Crippen molar-refractivity contribution in [1.29, 1.82) is 0 Å². The zero-order valence-corrected chi connectivity index (χ0v) is 8.71. The monoisotopic (exact) mass is 244 g/mol. The molecular formula is C9H9BrO3. The first-order valence-electron chi connectivity index (χ1n) is 3.83. The molecule has 0 saturated heterocycles. The summed E-state index contributed by atoms with van der Waals surface area (Å²) >= 11 is 2.83. The molecule has 0 unspecified atom stereocenters. The topological polar surface area (TPSA) is 35.5 Å². The summed E-state index contributed by atoms with van der Waals surface area (Å²) in [5, 5.41) is 0. The summed E-state index contributed by atoms with van der Waals surface area (Å²) in [5.41, 5.74) is 0.461. The minimum absolute atomic E-state index is 0.416. The van der Waals surface area contributed by atoms with Crippen molar-refractivity contribution < 1.29 is 13.4 Å². The first kappa shape index (κ1) is 10.1. The van der Waals surface area contributed by atoms with Gasteiger partial charge in [0.25, 0.3) is 0 Å². The molecule has 1 aromatic carbocycles. The van der Waals surface area contributed by atoms with Gasteiger partial charge in [-0.3, -0.25) is 4.79 Å². The Hall–Kier alpha value is -1.03. The minimum Gasteiger partial charge on any atom is -0.490 e. The fourth-order valence-corrected chi connectivity index (χ4v) is 1.32. The lowest BCUT2D eigenvalue weighted by Gasteiger charge is -2.08. The van der Waals surface area contributed by atoms with Crippen molar-refractivity contribution in [2.24, 2.45) is 0 Å². The van der Waals surface area contributed by atoms with E-state index in [0.29, 0.717) is 23.7 Å². The van der Waals surface area contributed by atoms with Crippen LogP contribution in [0.3, 0.4) is 0 Å². The van der Waals surface area contributed by atoms with E-state index in [2.05, 4.69) is 16.3 Å². The molecule has 0 aromatic heterocycles. The van der Waals surface area contributed by atoms with Crippen LogP contribution < -0.4 is 8.57 Å². The maximum Gasteiger partial charge on any atom is 0.188 e. The fourth-order valence-electron chi connectivity index (χ4n) is 0.977. The molecule has 13 heavy (non-hydrogen) atoms. The van der Waals surface area contributed by atoms with Gasteiger partial charge in [-0.05, 0) is 19.1 Å². The summed E-state index contributed by atoms with van der Waals surface area (Å²) in [7, 11) is 0. The molecule has 0 amide bonds. The van der Waals surface area contributed by atoms with Crippen LogP contribution in [0.1, 0.15) is 17.3 Å². The molecular weight excluding hydrogens is 236 g/mol. The molecule has 0 saturated carbocycles. The van der Waals surface area contributed by atoms with Gasteiger partial charge in [-0.15, -0.1) is 0 Å². The smallest absolute Gasteiger partial charge is 0.188 e. The van der Waals surface area contributed by atoms with Crippen LogP contribution in [-0.2, 0) is 0 Å². The zero-order chi connectivity index (χ0) is 9.68. The van der Waals surface area contributed by atoms with Crippen molar-refractivity contribution in [3.8, 4) is 11.5 Å². The number of hydrogen-bond donors (Lipinski definition) is 0. The molecule has 0 radical (unpaired) electrons. The van der Waals surface area contributed by atoms with Gasteiger partial charge in [0.15, 0.2) is 34.0 Å². The number of rotatable bonds is 4. The number of carbonyl (C=O) groups is 1. The number of ether oxygens (including phenoxy) is 1. The van der Waals surface area contributed by atoms with E-state index in [0.717, 1.165) is 6.29 Å². The largest absolute Gasteiger partial charge is 0.490 e. The molecule has 1 aromatic rings. The molecule has 70 valence electrons. The summed E-state index contributed by atoms with van der Waals surface area (Å²) in [5.74, 6) is 0.975. The van der Waals surface area contributed by atoms with Crippen LogP contribution in [0.4, 0.5) is 0 Å². The van der Waals surface area contributed by atoms with Gasteiger partial charge >= 0.3 is 0 Å². The third kappa shape index (κ3) is 2.21. The highest BCUT2D eigenvalue weighted by molar-refractivity contribution is 9.06. The summed E-state index contributed by atoms with van der Waals surface area (Å²) in [6.07, 6.45) is 0.721. The fraction of sp³-hybridized carbons (Fsp3) is 0.222. The third-order valence-corrected chi connectivity index (χ3v) is 1.84. The number of halogens is 1. The van der Waals surface area contributed by atoms with Crippen LogP contribution in [0.2, 0.25) is 0 Å². The number of hydrogen-bond acceptors (Lipinski definition) is 3. The van der Waals surface area contributed by atoms with Gasteiger partial charge in [-0.1, -0.05) is 6.07 Å². The molecule has 0 aliphatic rings. The minimum atomic E-state index is 0.416. The van der Waals surface area contributed by atoms with Gasteiger partial charge < -0.3 is 8.57 Å². The first-order chi connectivity index (χ1) is 6.33. The third-order valence-electron chi connectivity index (χ3n) is 1.51. The Labute approximate surface area is 85.1 Å². The quantitative estimate of drug-likeness (QED) is 0.765. The van der Waals surface area contributed by atoms with E-state index in [-0.39, 0.29) is 0 Å². The zero-order valence-electron chi connectivity index (χ0n) is 7.12. The number of benzene rings is 1. The Morgan fingerprint density at radius 1 is 1.54 bits per heavy atom. The Balaban J connectivity index is 3.10. The van der Waals surface area contributed by atoms with E-state index >= 15 is 0 Å². The Bertz CT molecular complexity index is 299. The van der Waals surface area contributed by atoms with E-state index in [9.17, 15) is 4.79 Å². The predicted octanol–water partition coefficient (Wildman–Crippen LogP) is 2.59. The van der Waals surface area contributed by atoms with E-state index < -0.39 is 0 Å². The van der Waals surface area contributed by atoms with Crippen LogP contribution in [0.5, 0.6) is 11.5 Å². The average molecular weight is 245 g/mol. The maximum absolute atomic E-state index is 10.6. The van der Waals surface area contributed by atoms with Gasteiger partial charge in [-0.2, -0.15) is 0 Å². The van der Waals surface area contributed by atoms with Crippen molar-refractivity contribution in [3.63, 3.8) is 0 Å². The second-order valence-electron chi connectivity index (χ2n) is 2.30. The van der Waals surface area contributed by atoms with Crippen molar-refractivity contribution in [3.05, 3.63) is 23.8 Å². The van der Waals surface area contributed by atoms with Crippen LogP contribution in [0, 0.1) is 0 Å².